The second-order valence-corrected chi connectivity index (χ2v) is 7.26. The molecule has 1 aliphatic rings. The Morgan fingerprint density at radius 3 is 2.64 bits per heavy atom. The number of anilines is 1. The molecule has 3 aromatic rings. The zero-order valence-electron chi connectivity index (χ0n) is 14.1. The normalized spacial score (nSPS) is 16.6. The van der Waals surface area contributed by atoms with Gasteiger partial charge in [-0.05, 0) is 38.1 Å². The van der Waals surface area contributed by atoms with Gasteiger partial charge in [-0.15, -0.1) is 10.2 Å². The number of piperidine rings is 1. The van der Waals surface area contributed by atoms with E-state index < -0.39 is 0 Å². The lowest BCUT2D eigenvalue weighted by molar-refractivity contribution is 0.153. The highest BCUT2D eigenvalue weighted by molar-refractivity contribution is 7.18. The van der Waals surface area contributed by atoms with E-state index in [0.29, 0.717) is 0 Å². The van der Waals surface area contributed by atoms with Gasteiger partial charge in [0.1, 0.15) is 10.8 Å². The van der Waals surface area contributed by atoms with Crippen LogP contribution in [-0.4, -0.2) is 34.7 Å². The topological polar surface area (TPSA) is 54.2 Å². The van der Waals surface area contributed by atoms with E-state index in [1.54, 1.807) is 17.6 Å². The fourth-order valence-corrected chi connectivity index (χ4v) is 4.05. The van der Waals surface area contributed by atoms with Crippen LogP contribution in [0.3, 0.4) is 0 Å². The summed E-state index contributed by atoms with van der Waals surface area (Å²) in [4.78, 5) is 2.51. The van der Waals surface area contributed by atoms with Gasteiger partial charge in [0.25, 0.3) is 0 Å². The number of nitrogens with zero attached hydrogens (tertiary/aromatic N) is 3. The zero-order valence-corrected chi connectivity index (χ0v) is 14.9. The van der Waals surface area contributed by atoms with Crippen molar-refractivity contribution in [3.05, 3.63) is 54.5 Å². The van der Waals surface area contributed by atoms with Gasteiger partial charge >= 0.3 is 0 Å². The molecule has 0 spiro atoms. The number of rotatable bonds is 6. The Morgan fingerprint density at radius 1 is 1.04 bits per heavy atom. The van der Waals surface area contributed by atoms with E-state index in [0.717, 1.165) is 41.1 Å². The smallest absolute Gasteiger partial charge is 0.206 e. The SMILES string of the molecule is c1ccc(-c2nnc(NCC(c3ccco3)N3CCCCC3)s2)cc1. The van der Waals surface area contributed by atoms with Gasteiger partial charge < -0.3 is 9.73 Å². The molecule has 1 saturated heterocycles. The summed E-state index contributed by atoms with van der Waals surface area (Å²) in [6, 6.07) is 14.4. The maximum Gasteiger partial charge on any atom is 0.206 e. The van der Waals surface area contributed by atoms with E-state index >= 15 is 0 Å². The Bertz CT molecular complexity index is 766. The predicted octanol–water partition coefficient (Wildman–Crippen LogP) is 4.44. The molecular weight excluding hydrogens is 332 g/mol. The summed E-state index contributed by atoms with van der Waals surface area (Å²) >= 11 is 1.59. The van der Waals surface area contributed by atoms with Gasteiger partial charge in [-0.2, -0.15) is 0 Å². The lowest BCUT2D eigenvalue weighted by Crippen LogP contribution is -2.37. The van der Waals surface area contributed by atoms with Crippen molar-refractivity contribution in [2.45, 2.75) is 25.3 Å². The van der Waals surface area contributed by atoms with Gasteiger partial charge in [-0.25, -0.2) is 0 Å². The first-order valence-corrected chi connectivity index (χ1v) is 9.62. The molecule has 0 radical (unpaired) electrons. The standard InChI is InChI=1S/C19H22N4OS/c1-3-8-15(9-4-1)18-21-22-19(25-18)20-14-16(17-10-7-13-24-17)23-11-5-2-6-12-23/h1,3-4,7-10,13,16H,2,5-6,11-12,14H2,(H,20,22). The molecule has 4 rings (SSSR count). The highest BCUT2D eigenvalue weighted by atomic mass is 32.1. The Balaban J connectivity index is 1.45. The number of benzene rings is 1. The molecular formula is C19H22N4OS. The molecule has 5 nitrogen and oxygen atoms in total. The largest absolute Gasteiger partial charge is 0.468 e. The first kappa shape index (κ1) is 16.3. The summed E-state index contributed by atoms with van der Waals surface area (Å²) in [6.45, 7) is 3.02. The van der Waals surface area contributed by atoms with Crippen LogP contribution in [0.1, 0.15) is 31.1 Å². The molecule has 1 atom stereocenters. The summed E-state index contributed by atoms with van der Waals surface area (Å²) in [7, 11) is 0. The minimum Gasteiger partial charge on any atom is -0.468 e. The van der Waals surface area contributed by atoms with Crippen LogP contribution in [0.2, 0.25) is 0 Å². The van der Waals surface area contributed by atoms with Crippen LogP contribution >= 0.6 is 11.3 Å². The van der Waals surface area contributed by atoms with E-state index in [1.807, 2.05) is 24.3 Å². The van der Waals surface area contributed by atoms with E-state index in [1.165, 1.54) is 19.3 Å². The lowest BCUT2D eigenvalue weighted by atomic mass is 10.1. The van der Waals surface area contributed by atoms with Gasteiger partial charge in [-0.1, -0.05) is 48.1 Å². The van der Waals surface area contributed by atoms with Gasteiger partial charge in [0.15, 0.2) is 0 Å². The van der Waals surface area contributed by atoms with Crippen molar-refractivity contribution < 1.29 is 4.42 Å². The number of furan rings is 1. The molecule has 1 fully saturated rings. The molecule has 1 aliphatic heterocycles. The summed E-state index contributed by atoms with van der Waals surface area (Å²) in [6.07, 6.45) is 5.60. The molecule has 130 valence electrons. The lowest BCUT2D eigenvalue weighted by Gasteiger charge is -2.33. The highest BCUT2D eigenvalue weighted by Gasteiger charge is 2.24. The van der Waals surface area contributed by atoms with Crippen molar-refractivity contribution in [2.75, 3.05) is 25.0 Å². The van der Waals surface area contributed by atoms with Crippen LogP contribution in [-0.2, 0) is 0 Å². The van der Waals surface area contributed by atoms with Crippen LogP contribution < -0.4 is 5.32 Å². The number of likely N-dealkylation sites (tertiary alicyclic amines) is 1. The first-order chi connectivity index (χ1) is 12.4. The van der Waals surface area contributed by atoms with Crippen molar-refractivity contribution >= 4 is 16.5 Å². The number of hydrogen-bond donors (Lipinski definition) is 1. The molecule has 2 aromatic heterocycles. The molecule has 0 aliphatic carbocycles. The first-order valence-electron chi connectivity index (χ1n) is 8.80. The third-order valence-electron chi connectivity index (χ3n) is 4.60. The van der Waals surface area contributed by atoms with E-state index in [-0.39, 0.29) is 6.04 Å². The molecule has 0 saturated carbocycles. The molecule has 1 N–H and O–H groups in total. The maximum absolute atomic E-state index is 5.70. The fourth-order valence-electron chi connectivity index (χ4n) is 3.30. The van der Waals surface area contributed by atoms with Crippen LogP contribution in [0.5, 0.6) is 0 Å². The summed E-state index contributed by atoms with van der Waals surface area (Å²) in [5, 5.41) is 13.9. The Labute approximate surface area is 151 Å². The Kier molecular flexibility index (Phi) is 5.09. The molecule has 0 bridgehead atoms. The molecule has 25 heavy (non-hydrogen) atoms. The minimum absolute atomic E-state index is 0.236. The van der Waals surface area contributed by atoms with Crippen molar-refractivity contribution in [2.24, 2.45) is 0 Å². The van der Waals surface area contributed by atoms with Crippen molar-refractivity contribution in [3.8, 4) is 10.6 Å². The second-order valence-electron chi connectivity index (χ2n) is 6.29. The average molecular weight is 354 g/mol. The van der Waals surface area contributed by atoms with Crippen LogP contribution in [0.15, 0.2) is 53.1 Å². The summed E-state index contributed by atoms with van der Waals surface area (Å²) in [5.74, 6) is 1.02. The van der Waals surface area contributed by atoms with Crippen LogP contribution in [0, 0.1) is 0 Å². The molecule has 3 heterocycles. The van der Waals surface area contributed by atoms with E-state index in [4.69, 9.17) is 4.42 Å². The van der Waals surface area contributed by atoms with Gasteiger partial charge in [0, 0.05) is 12.1 Å². The molecule has 6 heteroatoms. The number of nitrogens with one attached hydrogen (secondary N) is 1. The van der Waals surface area contributed by atoms with E-state index in [2.05, 4.69) is 38.6 Å². The molecule has 1 unspecified atom stereocenters. The monoisotopic (exact) mass is 354 g/mol. The van der Waals surface area contributed by atoms with Crippen molar-refractivity contribution in [3.63, 3.8) is 0 Å². The Morgan fingerprint density at radius 2 is 1.88 bits per heavy atom. The quantitative estimate of drug-likeness (QED) is 0.709. The second kappa shape index (κ2) is 7.80. The van der Waals surface area contributed by atoms with Gasteiger partial charge in [0.2, 0.25) is 5.13 Å². The van der Waals surface area contributed by atoms with Gasteiger partial charge in [-0.3, -0.25) is 4.90 Å². The van der Waals surface area contributed by atoms with Crippen LogP contribution in [0.25, 0.3) is 10.6 Å². The molecule has 1 aromatic carbocycles. The van der Waals surface area contributed by atoms with Crippen LogP contribution in [0.4, 0.5) is 5.13 Å². The third-order valence-corrected chi connectivity index (χ3v) is 5.53. The Hall–Kier alpha value is -2.18. The number of hydrogen-bond acceptors (Lipinski definition) is 6. The van der Waals surface area contributed by atoms with Crippen molar-refractivity contribution in [1.82, 2.24) is 15.1 Å². The predicted molar refractivity (Wildman–Crippen MR) is 101 cm³/mol. The minimum atomic E-state index is 0.236. The maximum atomic E-state index is 5.70. The summed E-state index contributed by atoms with van der Waals surface area (Å²) < 4.78 is 5.70. The molecule has 0 amide bonds. The highest BCUT2D eigenvalue weighted by Crippen LogP contribution is 2.29. The van der Waals surface area contributed by atoms with Crippen molar-refractivity contribution in [1.29, 1.82) is 0 Å². The number of aromatic nitrogens is 2. The fraction of sp³-hybridized carbons (Fsp3) is 0.368. The summed E-state index contributed by atoms with van der Waals surface area (Å²) in [5.41, 5.74) is 1.10. The zero-order chi connectivity index (χ0) is 16.9. The van der Waals surface area contributed by atoms with Gasteiger partial charge in [0.05, 0.1) is 12.3 Å². The average Bonchev–Trinajstić information content (AvgIpc) is 3.36. The van der Waals surface area contributed by atoms with E-state index in [9.17, 15) is 0 Å². The third kappa shape index (κ3) is 3.91.